The van der Waals surface area contributed by atoms with Crippen LogP contribution in [0.5, 0.6) is 0 Å². The Morgan fingerprint density at radius 1 is 1.30 bits per heavy atom. The molecule has 1 saturated heterocycles. The molecule has 5 N–H and O–H groups in total. The number of carbonyl (C=O) groups is 1. The van der Waals surface area contributed by atoms with Crippen LogP contribution in [0, 0.1) is 0 Å². The third-order valence-electron chi connectivity index (χ3n) is 2.84. The minimum atomic E-state index is -3.79. The monoisotopic (exact) mass is 300 g/mol. The Kier molecular flexibility index (Phi) is 4.23. The molecule has 8 nitrogen and oxygen atoms in total. The van der Waals surface area contributed by atoms with Crippen molar-refractivity contribution >= 4 is 21.6 Å². The molecule has 1 fully saturated rings. The number of hydrogen-bond acceptors (Lipinski definition) is 6. The van der Waals surface area contributed by atoms with Crippen LogP contribution in [0.4, 0.5) is 5.69 Å². The SMILES string of the molecule is NC(=O)c1ccc(S(=O)(=O)NN2CCOCC2)c(N)c1. The molecule has 0 aliphatic carbocycles. The highest BCUT2D eigenvalue weighted by Gasteiger charge is 2.22. The van der Waals surface area contributed by atoms with Gasteiger partial charge < -0.3 is 16.2 Å². The molecule has 0 unspecified atom stereocenters. The summed E-state index contributed by atoms with van der Waals surface area (Å²) in [5.74, 6) is -0.665. The number of anilines is 1. The molecule has 1 amide bonds. The number of rotatable bonds is 4. The molecule has 0 aromatic heterocycles. The van der Waals surface area contributed by atoms with E-state index in [1.165, 1.54) is 18.2 Å². The number of nitrogens with one attached hydrogen (secondary N) is 1. The second-order valence-electron chi connectivity index (χ2n) is 4.31. The minimum Gasteiger partial charge on any atom is -0.398 e. The van der Waals surface area contributed by atoms with Crippen LogP contribution in [-0.4, -0.2) is 45.6 Å². The number of primary amides is 1. The first kappa shape index (κ1) is 14.7. The number of amides is 1. The fourth-order valence-corrected chi connectivity index (χ4v) is 3.06. The van der Waals surface area contributed by atoms with Crippen molar-refractivity contribution in [3.63, 3.8) is 0 Å². The van der Waals surface area contributed by atoms with Crippen molar-refractivity contribution in [1.82, 2.24) is 9.84 Å². The summed E-state index contributed by atoms with van der Waals surface area (Å²) in [6.07, 6.45) is 0. The summed E-state index contributed by atoms with van der Waals surface area (Å²) in [6, 6.07) is 3.83. The zero-order chi connectivity index (χ0) is 14.8. The smallest absolute Gasteiger partial charge is 0.255 e. The molecule has 1 aliphatic rings. The van der Waals surface area contributed by atoms with E-state index in [9.17, 15) is 13.2 Å². The highest BCUT2D eigenvalue weighted by molar-refractivity contribution is 7.89. The third kappa shape index (κ3) is 3.25. The quantitative estimate of drug-likeness (QED) is 0.605. The molecule has 1 aromatic carbocycles. The summed E-state index contributed by atoms with van der Waals surface area (Å²) in [5, 5.41) is 1.54. The zero-order valence-corrected chi connectivity index (χ0v) is 11.5. The van der Waals surface area contributed by atoms with E-state index in [2.05, 4.69) is 4.83 Å². The number of nitrogens with two attached hydrogens (primary N) is 2. The van der Waals surface area contributed by atoms with E-state index in [1.807, 2.05) is 0 Å². The number of carbonyl (C=O) groups excluding carboxylic acids is 1. The summed E-state index contributed by atoms with van der Waals surface area (Å²) in [6.45, 7) is 1.83. The number of sulfonamides is 1. The van der Waals surface area contributed by atoms with Gasteiger partial charge in [0, 0.05) is 18.7 Å². The van der Waals surface area contributed by atoms with Gasteiger partial charge >= 0.3 is 0 Å². The number of hydrogen-bond donors (Lipinski definition) is 3. The topological polar surface area (TPSA) is 128 Å². The molecule has 0 saturated carbocycles. The number of nitrogen functional groups attached to an aromatic ring is 1. The maximum absolute atomic E-state index is 12.2. The van der Waals surface area contributed by atoms with E-state index < -0.39 is 15.9 Å². The fourth-order valence-electron chi connectivity index (χ4n) is 1.82. The van der Waals surface area contributed by atoms with Gasteiger partial charge in [-0.3, -0.25) is 4.79 Å². The van der Waals surface area contributed by atoms with Gasteiger partial charge in [0.2, 0.25) is 5.91 Å². The second kappa shape index (κ2) is 5.75. The largest absolute Gasteiger partial charge is 0.398 e. The van der Waals surface area contributed by atoms with Gasteiger partial charge in [-0.1, -0.05) is 0 Å². The van der Waals surface area contributed by atoms with Crippen LogP contribution in [0.2, 0.25) is 0 Å². The summed E-state index contributed by atoms with van der Waals surface area (Å²) in [5.41, 5.74) is 10.9. The van der Waals surface area contributed by atoms with Crippen LogP contribution in [0.3, 0.4) is 0 Å². The number of benzene rings is 1. The Labute approximate surface area is 116 Å². The lowest BCUT2D eigenvalue weighted by atomic mass is 10.2. The van der Waals surface area contributed by atoms with Crippen LogP contribution in [0.1, 0.15) is 10.4 Å². The van der Waals surface area contributed by atoms with E-state index in [4.69, 9.17) is 16.2 Å². The summed E-state index contributed by atoms with van der Waals surface area (Å²) >= 11 is 0. The predicted molar refractivity (Wildman–Crippen MR) is 72.1 cm³/mol. The predicted octanol–water partition coefficient (Wildman–Crippen LogP) is -1.11. The molecule has 1 aliphatic heterocycles. The molecule has 0 bridgehead atoms. The third-order valence-corrected chi connectivity index (χ3v) is 4.29. The van der Waals surface area contributed by atoms with Crippen LogP contribution in [0.25, 0.3) is 0 Å². The molecule has 2 rings (SSSR count). The van der Waals surface area contributed by atoms with Crippen molar-refractivity contribution in [3.05, 3.63) is 23.8 Å². The first-order chi connectivity index (χ1) is 9.40. The van der Waals surface area contributed by atoms with Crippen molar-refractivity contribution in [1.29, 1.82) is 0 Å². The number of ether oxygens (including phenoxy) is 1. The number of hydrazine groups is 1. The van der Waals surface area contributed by atoms with Crippen molar-refractivity contribution < 1.29 is 17.9 Å². The Morgan fingerprint density at radius 2 is 1.95 bits per heavy atom. The summed E-state index contributed by atoms with van der Waals surface area (Å²) < 4.78 is 29.6. The zero-order valence-electron chi connectivity index (χ0n) is 10.7. The molecule has 9 heteroatoms. The molecule has 0 atom stereocenters. The first-order valence-electron chi connectivity index (χ1n) is 5.94. The maximum atomic E-state index is 12.2. The van der Waals surface area contributed by atoms with Gasteiger partial charge in [-0.25, -0.2) is 13.4 Å². The minimum absolute atomic E-state index is 0.0259. The lowest BCUT2D eigenvalue weighted by Crippen LogP contribution is -2.48. The fraction of sp³-hybridized carbons (Fsp3) is 0.364. The molecular weight excluding hydrogens is 284 g/mol. The van der Waals surface area contributed by atoms with E-state index in [-0.39, 0.29) is 16.1 Å². The Hall–Kier alpha value is -1.68. The molecule has 20 heavy (non-hydrogen) atoms. The van der Waals surface area contributed by atoms with E-state index >= 15 is 0 Å². The van der Waals surface area contributed by atoms with Gasteiger partial charge in [-0.2, -0.15) is 0 Å². The van der Waals surface area contributed by atoms with Crippen LogP contribution < -0.4 is 16.3 Å². The van der Waals surface area contributed by atoms with Crippen LogP contribution >= 0.6 is 0 Å². The standard InChI is InChI=1S/C11H16N4O4S/c12-9-7-8(11(13)16)1-2-10(9)20(17,18)14-15-3-5-19-6-4-15/h1-2,7,14H,3-6,12H2,(H2,13,16). The molecule has 1 heterocycles. The molecular formula is C11H16N4O4S. The normalized spacial score (nSPS) is 17.0. The van der Waals surface area contributed by atoms with Gasteiger partial charge in [0.25, 0.3) is 10.0 Å². The van der Waals surface area contributed by atoms with Crippen molar-refractivity contribution in [2.24, 2.45) is 5.73 Å². The summed E-state index contributed by atoms with van der Waals surface area (Å²) in [7, 11) is -3.79. The van der Waals surface area contributed by atoms with Gasteiger partial charge in [-0.05, 0) is 18.2 Å². The second-order valence-corrected chi connectivity index (χ2v) is 5.94. The van der Waals surface area contributed by atoms with Crippen molar-refractivity contribution in [2.45, 2.75) is 4.90 Å². The van der Waals surface area contributed by atoms with Crippen LogP contribution in [0.15, 0.2) is 23.1 Å². The van der Waals surface area contributed by atoms with E-state index in [0.29, 0.717) is 26.3 Å². The van der Waals surface area contributed by atoms with Gasteiger partial charge in [0.05, 0.1) is 18.9 Å². The molecule has 1 aromatic rings. The van der Waals surface area contributed by atoms with E-state index in [0.717, 1.165) is 0 Å². The highest BCUT2D eigenvalue weighted by atomic mass is 32.2. The molecule has 110 valence electrons. The Morgan fingerprint density at radius 3 is 2.50 bits per heavy atom. The van der Waals surface area contributed by atoms with Crippen molar-refractivity contribution in [3.8, 4) is 0 Å². The van der Waals surface area contributed by atoms with Gasteiger partial charge in [0.15, 0.2) is 0 Å². The Bertz CT molecular complexity index is 611. The Balaban J connectivity index is 2.22. The maximum Gasteiger partial charge on any atom is 0.255 e. The number of morpholine rings is 1. The average Bonchev–Trinajstić information content (AvgIpc) is 2.38. The van der Waals surface area contributed by atoms with Crippen molar-refractivity contribution in [2.75, 3.05) is 32.0 Å². The molecule has 0 spiro atoms. The average molecular weight is 300 g/mol. The highest BCUT2D eigenvalue weighted by Crippen LogP contribution is 2.19. The summed E-state index contributed by atoms with van der Waals surface area (Å²) in [4.78, 5) is 13.4. The van der Waals surface area contributed by atoms with Crippen LogP contribution in [-0.2, 0) is 14.8 Å². The lowest BCUT2D eigenvalue weighted by Gasteiger charge is -2.26. The molecule has 0 radical (unpaired) electrons. The van der Waals surface area contributed by atoms with E-state index in [1.54, 1.807) is 5.01 Å². The number of nitrogens with zero attached hydrogens (tertiary/aromatic N) is 1. The van der Waals surface area contributed by atoms with Gasteiger partial charge in [-0.15, -0.1) is 4.83 Å². The first-order valence-corrected chi connectivity index (χ1v) is 7.43. The lowest BCUT2D eigenvalue weighted by molar-refractivity contribution is 0.0272. The van der Waals surface area contributed by atoms with Gasteiger partial charge in [0.1, 0.15) is 4.90 Å².